The first kappa shape index (κ1) is 12.0. The lowest BCUT2D eigenvalue weighted by Crippen LogP contribution is -2.02. The Labute approximate surface area is 114 Å². The minimum atomic E-state index is 1.05. The molecule has 0 aliphatic rings. The number of rotatable bonds is 2. The van der Waals surface area contributed by atoms with Gasteiger partial charge in [-0.2, -0.15) is 0 Å². The van der Waals surface area contributed by atoms with Crippen LogP contribution < -0.4 is 0 Å². The Balaban J connectivity index is 0.000000121. The van der Waals surface area contributed by atoms with Crippen LogP contribution in [0.5, 0.6) is 0 Å². The molecule has 20 heavy (non-hydrogen) atoms. The van der Waals surface area contributed by atoms with Gasteiger partial charge < -0.3 is 8.83 Å². The molecule has 0 aromatic carbocycles. The molecule has 0 spiro atoms. The van der Waals surface area contributed by atoms with E-state index in [1.165, 1.54) is 0 Å². The first-order valence-electron chi connectivity index (χ1n) is 5.95. The molecule has 6 heteroatoms. The molecule has 0 atom stereocenters. The Bertz CT molecular complexity index is 567. The average molecular weight is 268 g/mol. The predicted molar refractivity (Wildman–Crippen MR) is 71.7 cm³/mol. The fourth-order valence-corrected chi connectivity index (χ4v) is 1.63. The summed E-state index contributed by atoms with van der Waals surface area (Å²) in [7, 11) is 0. The molecule has 0 amide bonds. The van der Waals surface area contributed by atoms with E-state index in [0.717, 1.165) is 11.1 Å². The molecule has 4 aromatic rings. The Morgan fingerprint density at radius 1 is 0.750 bits per heavy atom. The number of hydrogen-bond donors (Lipinski definition) is 0. The van der Waals surface area contributed by atoms with Crippen molar-refractivity contribution < 1.29 is 8.83 Å². The number of aromatic nitrogens is 4. The Morgan fingerprint density at radius 3 is 1.55 bits per heavy atom. The molecule has 0 radical (unpaired) electrons. The van der Waals surface area contributed by atoms with Gasteiger partial charge in [0, 0.05) is 35.9 Å². The second-order valence-corrected chi connectivity index (χ2v) is 3.91. The quantitative estimate of drug-likeness (QED) is 0.560. The summed E-state index contributed by atoms with van der Waals surface area (Å²) in [6.45, 7) is 0. The van der Waals surface area contributed by atoms with E-state index in [4.69, 9.17) is 8.83 Å². The maximum atomic E-state index is 4.90. The van der Waals surface area contributed by atoms with E-state index in [0.29, 0.717) is 0 Å². The van der Waals surface area contributed by atoms with Crippen LogP contribution in [0.25, 0.3) is 11.1 Å². The molecule has 0 aliphatic carbocycles. The predicted octanol–water partition coefficient (Wildman–Crippen LogP) is 2.93. The largest absolute Gasteiger partial charge is 0.472 e. The molecule has 0 unspecified atom stereocenters. The molecule has 4 heterocycles. The molecule has 0 saturated carbocycles. The van der Waals surface area contributed by atoms with Crippen LogP contribution in [0.3, 0.4) is 0 Å². The molecule has 0 aliphatic heterocycles. The molecular weight excluding hydrogens is 256 g/mol. The van der Waals surface area contributed by atoms with Crippen LogP contribution in [0.1, 0.15) is 0 Å². The van der Waals surface area contributed by atoms with E-state index in [1.807, 2.05) is 33.9 Å². The van der Waals surface area contributed by atoms with Crippen LogP contribution in [0, 0.1) is 0 Å². The van der Waals surface area contributed by atoms with Gasteiger partial charge in [-0.25, -0.2) is 19.3 Å². The second-order valence-electron chi connectivity index (χ2n) is 3.91. The average Bonchev–Trinajstić information content (AvgIpc) is 3.29. The Kier molecular flexibility index (Phi) is 3.46. The van der Waals surface area contributed by atoms with E-state index in [1.54, 1.807) is 50.1 Å². The van der Waals surface area contributed by atoms with E-state index in [9.17, 15) is 0 Å². The van der Waals surface area contributed by atoms with Gasteiger partial charge in [-0.05, 0) is 12.1 Å². The van der Waals surface area contributed by atoms with Gasteiger partial charge in [0.05, 0.1) is 25.1 Å². The van der Waals surface area contributed by atoms with E-state index < -0.39 is 0 Å². The zero-order chi connectivity index (χ0) is 13.6. The summed E-state index contributed by atoms with van der Waals surface area (Å²) in [6, 6.07) is 3.79. The third kappa shape index (κ3) is 2.69. The zero-order valence-corrected chi connectivity index (χ0v) is 10.5. The summed E-state index contributed by atoms with van der Waals surface area (Å²) < 4.78 is 13.4. The normalized spacial score (nSPS) is 10.0. The van der Waals surface area contributed by atoms with Crippen LogP contribution in [0.2, 0.25) is 0 Å². The van der Waals surface area contributed by atoms with Gasteiger partial charge in [-0.15, -0.1) is 0 Å². The summed E-state index contributed by atoms with van der Waals surface area (Å²) in [5.41, 5.74) is 2.10. The van der Waals surface area contributed by atoms with Gasteiger partial charge in [0.2, 0.25) is 0 Å². The highest BCUT2D eigenvalue weighted by Crippen LogP contribution is 2.18. The zero-order valence-electron chi connectivity index (χ0n) is 10.5. The van der Waals surface area contributed by atoms with E-state index in [2.05, 4.69) is 9.97 Å². The minimum absolute atomic E-state index is 1.05. The summed E-state index contributed by atoms with van der Waals surface area (Å²) in [4.78, 5) is 7.78. The van der Waals surface area contributed by atoms with Gasteiger partial charge >= 0.3 is 0 Å². The molecule has 4 rings (SSSR count). The van der Waals surface area contributed by atoms with Gasteiger partial charge in [0.15, 0.2) is 0 Å². The van der Waals surface area contributed by atoms with Crippen LogP contribution >= 0.6 is 0 Å². The van der Waals surface area contributed by atoms with Crippen LogP contribution in [-0.4, -0.2) is 19.3 Å². The first-order chi connectivity index (χ1) is 9.93. The van der Waals surface area contributed by atoms with Gasteiger partial charge in [-0.3, -0.25) is 0 Å². The maximum Gasteiger partial charge on any atom is 0.115 e. The molecule has 6 nitrogen and oxygen atoms in total. The van der Waals surface area contributed by atoms with Crippen LogP contribution in [0.15, 0.2) is 83.5 Å². The number of furan rings is 2. The molecule has 4 aromatic heterocycles. The van der Waals surface area contributed by atoms with Crippen molar-refractivity contribution in [1.82, 2.24) is 19.3 Å². The smallest absolute Gasteiger partial charge is 0.115 e. The standard InChI is InChI=1S/C8H6O2.C6H6N4/c1-3-9-5-7(1)8-2-4-10-6-8;1-3-9(5-7-1)10-4-2-8-6-10/h2*1-6H. The topological polar surface area (TPSA) is 61.9 Å². The minimum Gasteiger partial charge on any atom is -0.472 e. The van der Waals surface area contributed by atoms with Gasteiger partial charge in [-0.1, -0.05) is 0 Å². The molecule has 0 N–H and O–H groups in total. The fraction of sp³-hybridized carbons (Fsp3) is 0. The second kappa shape index (κ2) is 5.75. The highest BCUT2D eigenvalue weighted by molar-refractivity contribution is 5.59. The van der Waals surface area contributed by atoms with Crippen molar-refractivity contribution in [3.63, 3.8) is 0 Å². The van der Waals surface area contributed by atoms with Crippen molar-refractivity contribution in [2.75, 3.05) is 0 Å². The van der Waals surface area contributed by atoms with Crippen molar-refractivity contribution in [1.29, 1.82) is 0 Å². The number of nitrogens with zero attached hydrogens (tertiary/aromatic N) is 4. The number of hydrogen-bond acceptors (Lipinski definition) is 4. The summed E-state index contributed by atoms with van der Waals surface area (Å²) in [5, 5.41) is 0. The Morgan fingerprint density at radius 2 is 1.25 bits per heavy atom. The first-order valence-corrected chi connectivity index (χ1v) is 5.95. The fourth-order valence-electron chi connectivity index (χ4n) is 1.63. The molecular formula is C14H12N4O2. The van der Waals surface area contributed by atoms with Crippen molar-refractivity contribution >= 4 is 0 Å². The van der Waals surface area contributed by atoms with Crippen LogP contribution in [0.4, 0.5) is 0 Å². The summed E-state index contributed by atoms with van der Waals surface area (Å²) >= 11 is 0. The lowest BCUT2D eigenvalue weighted by atomic mass is 10.2. The monoisotopic (exact) mass is 268 g/mol. The van der Waals surface area contributed by atoms with Crippen molar-refractivity contribution in [3.8, 4) is 11.1 Å². The lowest BCUT2D eigenvalue weighted by Gasteiger charge is -1.98. The molecule has 0 saturated heterocycles. The molecule has 0 bridgehead atoms. The summed E-state index contributed by atoms with van der Waals surface area (Å²) in [5.74, 6) is 0. The van der Waals surface area contributed by atoms with Gasteiger partial charge in [0.25, 0.3) is 0 Å². The Hall–Kier alpha value is -3.02. The molecule has 0 fully saturated rings. The number of imidazole rings is 2. The SMILES string of the molecule is c1cc(-c2ccoc2)co1.c1cn(-n2ccnc2)cn1. The summed E-state index contributed by atoms with van der Waals surface area (Å²) in [6.07, 6.45) is 17.2. The third-order valence-electron chi connectivity index (χ3n) is 2.62. The van der Waals surface area contributed by atoms with Gasteiger partial charge in [0.1, 0.15) is 12.7 Å². The van der Waals surface area contributed by atoms with Crippen molar-refractivity contribution in [2.45, 2.75) is 0 Å². The molecule has 100 valence electrons. The highest BCUT2D eigenvalue weighted by atomic mass is 16.3. The highest BCUT2D eigenvalue weighted by Gasteiger charge is 1.97. The maximum absolute atomic E-state index is 4.90. The van der Waals surface area contributed by atoms with E-state index in [-0.39, 0.29) is 0 Å². The third-order valence-corrected chi connectivity index (χ3v) is 2.62. The lowest BCUT2D eigenvalue weighted by molar-refractivity contribution is 0.565. The van der Waals surface area contributed by atoms with E-state index >= 15 is 0 Å². The van der Waals surface area contributed by atoms with Crippen molar-refractivity contribution in [2.24, 2.45) is 0 Å². The van der Waals surface area contributed by atoms with Crippen LogP contribution in [-0.2, 0) is 0 Å². The van der Waals surface area contributed by atoms with Crippen molar-refractivity contribution in [3.05, 3.63) is 74.6 Å².